The normalized spacial score (nSPS) is 16.4. The van der Waals surface area contributed by atoms with Crippen LogP contribution in [0.1, 0.15) is 16.9 Å². The van der Waals surface area contributed by atoms with Crippen molar-refractivity contribution in [2.45, 2.75) is 12.5 Å². The fourth-order valence-electron chi connectivity index (χ4n) is 3.48. The summed E-state index contributed by atoms with van der Waals surface area (Å²) in [5, 5.41) is 5.19. The monoisotopic (exact) mass is 410 g/mol. The molecule has 1 fully saturated rings. The van der Waals surface area contributed by atoms with E-state index in [1.807, 2.05) is 24.3 Å². The Hall–Kier alpha value is -2.77. The number of benzene rings is 2. The molecule has 1 aliphatic heterocycles. The number of nitrogens with zero attached hydrogens (tertiary/aromatic N) is 3. The molecule has 1 aromatic heterocycles. The van der Waals surface area contributed by atoms with E-state index in [2.05, 4.69) is 34.2 Å². The van der Waals surface area contributed by atoms with Crippen LogP contribution in [0.3, 0.4) is 0 Å². The highest BCUT2D eigenvalue weighted by atomic mass is 32.1. The molecular weight excluding hydrogens is 387 g/mol. The van der Waals surface area contributed by atoms with Crippen LogP contribution in [0, 0.1) is 5.82 Å². The summed E-state index contributed by atoms with van der Waals surface area (Å²) in [6.07, 6.45) is 1.16. The van der Waals surface area contributed by atoms with E-state index in [-0.39, 0.29) is 11.7 Å². The van der Waals surface area contributed by atoms with Crippen molar-refractivity contribution in [2.24, 2.45) is 0 Å². The van der Waals surface area contributed by atoms with E-state index < -0.39 is 0 Å². The molecule has 7 heteroatoms. The van der Waals surface area contributed by atoms with Gasteiger partial charge in [0.15, 0.2) is 0 Å². The van der Waals surface area contributed by atoms with Crippen LogP contribution in [0.4, 0.5) is 15.8 Å². The van der Waals surface area contributed by atoms with Gasteiger partial charge >= 0.3 is 0 Å². The van der Waals surface area contributed by atoms with Gasteiger partial charge in [-0.15, -0.1) is 11.3 Å². The summed E-state index contributed by atoms with van der Waals surface area (Å²) in [5.74, 6) is -0.593. The van der Waals surface area contributed by atoms with Crippen LogP contribution in [0.25, 0.3) is 10.6 Å². The summed E-state index contributed by atoms with van der Waals surface area (Å²) < 4.78 is 13.4. The van der Waals surface area contributed by atoms with Crippen LogP contribution < -0.4 is 10.2 Å². The molecule has 1 aliphatic rings. The number of thiazole rings is 1. The van der Waals surface area contributed by atoms with Crippen LogP contribution in [0.5, 0.6) is 0 Å². The lowest BCUT2D eigenvalue weighted by atomic mass is 10.2. The number of carbonyl (C=O) groups excluding carboxylic acids is 1. The summed E-state index contributed by atoms with van der Waals surface area (Å²) >= 11 is 1.32. The molecule has 1 atom stereocenters. The predicted molar refractivity (Wildman–Crippen MR) is 116 cm³/mol. The van der Waals surface area contributed by atoms with Gasteiger partial charge < -0.3 is 15.1 Å². The zero-order valence-electron chi connectivity index (χ0n) is 16.4. The van der Waals surface area contributed by atoms with E-state index >= 15 is 0 Å². The smallest absolute Gasteiger partial charge is 0.275 e. The second kappa shape index (κ2) is 8.31. The number of hydrogen-bond acceptors (Lipinski definition) is 5. The number of halogens is 1. The molecule has 1 saturated heterocycles. The highest BCUT2D eigenvalue weighted by Crippen LogP contribution is 2.26. The molecule has 0 spiro atoms. The van der Waals surface area contributed by atoms with Gasteiger partial charge in [-0.25, -0.2) is 9.37 Å². The Morgan fingerprint density at radius 3 is 2.72 bits per heavy atom. The SMILES string of the molecule is CN(C)C1CCN(c2ccc(NC(=O)c3csc(-c4cccc(F)c4)n3)cc2)C1. The maximum absolute atomic E-state index is 13.4. The molecular formula is C22H23FN4OS. The number of likely N-dealkylation sites (N-methyl/N-ethyl adjacent to an activating group) is 1. The minimum atomic E-state index is -0.321. The maximum atomic E-state index is 13.4. The third kappa shape index (κ3) is 4.46. The molecule has 0 aliphatic carbocycles. The number of amides is 1. The zero-order chi connectivity index (χ0) is 20.4. The zero-order valence-corrected chi connectivity index (χ0v) is 17.2. The Bertz CT molecular complexity index is 1000. The van der Waals surface area contributed by atoms with E-state index in [0.717, 1.165) is 30.9 Å². The number of nitrogens with one attached hydrogen (secondary N) is 1. The first-order valence-electron chi connectivity index (χ1n) is 9.54. The molecule has 29 heavy (non-hydrogen) atoms. The van der Waals surface area contributed by atoms with Gasteiger partial charge in [-0.3, -0.25) is 4.79 Å². The predicted octanol–water partition coefficient (Wildman–Crippen LogP) is 4.34. The highest BCUT2D eigenvalue weighted by Gasteiger charge is 2.24. The van der Waals surface area contributed by atoms with Crippen molar-refractivity contribution in [3.63, 3.8) is 0 Å². The van der Waals surface area contributed by atoms with Gasteiger partial charge in [0.05, 0.1) is 0 Å². The summed E-state index contributed by atoms with van der Waals surface area (Å²) in [6.45, 7) is 2.05. The van der Waals surface area contributed by atoms with Crippen LogP contribution >= 0.6 is 11.3 Å². The van der Waals surface area contributed by atoms with Crippen LogP contribution in [0.15, 0.2) is 53.9 Å². The van der Waals surface area contributed by atoms with Crippen molar-refractivity contribution < 1.29 is 9.18 Å². The lowest BCUT2D eigenvalue weighted by molar-refractivity contribution is 0.102. The van der Waals surface area contributed by atoms with Crippen molar-refractivity contribution >= 4 is 28.6 Å². The number of aromatic nitrogens is 1. The lowest BCUT2D eigenvalue weighted by Gasteiger charge is -2.22. The number of rotatable bonds is 5. The Morgan fingerprint density at radius 1 is 1.24 bits per heavy atom. The first kappa shape index (κ1) is 19.5. The van der Waals surface area contributed by atoms with Gasteiger partial charge in [-0.2, -0.15) is 0 Å². The van der Waals surface area contributed by atoms with Crippen molar-refractivity contribution in [2.75, 3.05) is 37.4 Å². The molecule has 150 valence electrons. The Kier molecular flexibility index (Phi) is 5.60. The first-order chi connectivity index (χ1) is 14.0. The second-order valence-electron chi connectivity index (χ2n) is 7.40. The largest absolute Gasteiger partial charge is 0.370 e. The standard InChI is InChI=1S/C22H23FN4OS/c1-26(2)19-10-11-27(13-19)18-8-6-17(7-9-18)24-21(28)20-14-29-22(25-20)15-4-3-5-16(23)12-15/h3-9,12,14,19H,10-11,13H2,1-2H3,(H,24,28). The second-order valence-corrected chi connectivity index (χ2v) is 8.26. The lowest BCUT2D eigenvalue weighted by Crippen LogP contribution is -2.31. The molecule has 3 aromatic rings. The quantitative estimate of drug-likeness (QED) is 0.680. The van der Waals surface area contributed by atoms with Crippen LogP contribution in [-0.4, -0.2) is 49.0 Å². The van der Waals surface area contributed by atoms with Crippen molar-refractivity contribution in [1.29, 1.82) is 0 Å². The first-order valence-corrected chi connectivity index (χ1v) is 10.4. The van der Waals surface area contributed by atoms with Gasteiger partial charge in [0.25, 0.3) is 5.91 Å². The Labute approximate surface area is 173 Å². The molecule has 2 heterocycles. The summed E-state index contributed by atoms with van der Waals surface area (Å²) in [4.78, 5) is 21.5. The molecule has 1 unspecified atom stereocenters. The van der Waals surface area contributed by atoms with E-state index in [1.165, 1.54) is 23.5 Å². The Morgan fingerprint density at radius 2 is 2.03 bits per heavy atom. The summed E-state index contributed by atoms with van der Waals surface area (Å²) in [6, 6.07) is 14.7. The van der Waals surface area contributed by atoms with Crippen molar-refractivity contribution in [1.82, 2.24) is 9.88 Å². The van der Waals surface area contributed by atoms with E-state index in [0.29, 0.717) is 22.3 Å². The molecule has 4 rings (SSSR count). The summed E-state index contributed by atoms with van der Waals surface area (Å²) in [5.41, 5.74) is 2.88. The third-order valence-corrected chi connectivity index (χ3v) is 6.08. The average molecular weight is 411 g/mol. The van der Waals surface area contributed by atoms with E-state index in [9.17, 15) is 9.18 Å². The topological polar surface area (TPSA) is 48.5 Å². The molecule has 1 N–H and O–H groups in total. The highest BCUT2D eigenvalue weighted by molar-refractivity contribution is 7.13. The van der Waals surface area contributed by atoms with Crippen LogP contribution in [0.2, 0.25) is 0 Å². The number of anilines is 2. The molecule has 0 saturated carbocycles. The molecule has 2 aromatic carbocycles. The third-order valence-electron chi connectivity index (χ3n) is 5.19. The fourth-order valence-corrected chi connectivity index (χ4v) is 4.28. The van der Waals surface area contributed by atoms with E-state index in [1.54, 1.807) is 17.5 Å². The Balaban J connectivity index is 1.40. The summed E-state index contributed by atoms with van der Waals surface area (Å²) in [7, 11) is 4.23. The number of carbonyl (C=O) groups is 1. The fraction of sp³-hybridized carbons (Fsp3) is 0.273. The van der Waals surface area contributed by atoms with Crippen molar-refractivity contribution in [3.8, 4) is 10.6 Å². The molecule has 5 nitrogen and oxygen atoms in total. The van der Waals surface area contributed by atoms with Gasteiger partial charge in [0, 0.05) is 41.4 Å². The molecule has 0 radical (unpaired) electrons. The van der Waals surface area contributed by atoms with Crippen LogP contribution in [-0.2, 0) is 0 Å². The average Bonchev–Trinajstić information content (AvgIpc) is 3.39. The van der Waals surface area contributed by atoms with Gasteiger partial charge in [0.2, 0.25) is 0 Å². The minimum absolute atomic E-state index is 0.273. The van der Waals surface area contributed by atoms with E-state index in [4.69, 9.17) is 0 Å². The molecule has 0 bridgehead atoms. The van der Waals surface area contributed by atoms with Gasteiger partial charge in [0.1, 0.15) is 16.5 Å². The number of hydrogen-bond donors (Lipinski definition) is 1. The van der Waals surface area contributed by atoms with Gasteiger partial charge in [-0.05, 0) is 56.9 Å². The van der Waals surface area contributed by atoms with Crippen molar-refractivity contribution in [3.05, 3.63) is 65.4 Å². The molecule has 1 amide bonds. The minimum Gasteiger partial charge on any atom is -0.370 e. The maximum Gasteiger partial charge on any atom is 0.275 e. The van der Waals surface area contributed by atoms with Gasteiger partial charge in [-0.1, -0.05) is 12.1 Å².